The summed E-state index contributed by atoms with van der Waals surface area (Å²) >= 11 is 5.69. The topological polar surface area (TPSA) is 55.2 Å². The Morgan fingerprint density at radius 2 is 1.95 bits per heavy atom. The number of benzene rings is 1. The molecule has 1 heterocycles. The van der Waals surface area contributed by atoms with Crippen molar-refractivity contribution in [3.05, 3.63) is 41.0 Å². The fourth-order valence-electron chi connectivity index (χ4n) is 3.16. The summed E-state index contributed by atoms with van der Waals surface area (Å²) in [5, 5.41) is 17.6. The molecule has 2 aliphatic carbocycles. The molecule has 1 aromatic heterocycles. The van der Waals surface area contributed by atoms with Gasteiger partial charge in [-0.15, -0.1) is 10.2 Å². The molecule has 2 saturated carbocycles. The first kappa shape index (κ1) is 12.9. The SMILES string of the molecule is Oc1cc(Cl)nnc1Oc1ccccc1C1(C2CC2)CC1. The van der Waals surface area contributed by atoms with Crippen LogP contribution in [0.4, 0.5) is 0 Å². The van der Waals surface area contributed by atoms with Gasteiger partial charge in [0.1, 0.15) is 5.75 Å². The molecule has 0 bridgehead atoms. The third-order valence-corrected chi connectivity index (χ3v) is 4.67. The summed E-state index contributed by atoms with van der Waals surface area (Å²) in [4.78, 5) is 0. The Bertz CT molecular complexity index is 696. The highest BCUT2D eigenvalue weighted by molar-refractivity contribution is 6.29. The van der Waals surface area contributed by atoms with E-state index in [2.05, 4.69) is 16.3 Å². The molecule has 2 fully saturated rings. The molecule has 108 valence electrons. The van der Waals surface area contributed by atoms with Gasteiger partial charge in [0.25, 0.3) is 5.88 Å². The van der Waals surface area contributed by atoms with Crippen molar-refractivity contribution in [2.75, 3.05) is 0 Å². The molecule has 2 aliphatic rings. The predicted molar refractivity (Wildman–Crippen MR) is 78.9 cm³/mol. The zero-order chi connectivity index (χ0) is 14.4. The van der Waals surface area contributed by atoms with Crippen molar-refractivity contribution in [2.45, 2.75) is 31.1 Å². The highest BCUT2D eigenvalue weighted by Gasteiger charge is 2.56. The van der Waals surface area contributed by atoms with Crippen molar-refractivity contribution in [1.29, 1.82) is 0 Å². The Morgan fingerprint density at radius 3 is 2.62 bits per heavy atom. The molecule has 0 amide bonds. The highest BCUT2D eigenvalue weighted by atomic mass is 35.5. The summed E-state index contributed by atoms with van der Waals surface area (Å²) in [6, 6.07) is 9.36. The highest BCUT2D eigenvalue weighted by Crippen LogP contribution is 2.64. The molecule has 0 atom stereocenters. The minimum Gasteiger partial charge on any atom is -0.503 e. The maximum absolute atomic E-state index is 9.87. The van der Waals surface area contributed by atoms with Gasteiger partial charge in [-0.2, -0.15) is 0 Å². The first-order valence-electron chi connectivity index (χ1n) is 7.19. The number of halogens is 1. The average Bonchev–Trinajstić information content (AvgIpc) is 3.35. The first-order valence-corrected chi connectivity index (χ1v) is 7.56. The number of aromatic hydroxyl groups is 1. The van der Waals surface area contributed by atoms with Crippen molar-refractivity contribution >= 4 is 11.6 Å². The van der Waals surface area contributed by atoms with E-state index >= 15 is 0 Å². The molecular formula is C16H15ClN2O2. The zero-order valence-electron chi connectivity index (χ0n) is 11.4. The van der Waals surface area contributed by atoms with Crippen LogP contribution in [0.2, 0.25) is 5.15 Å². The molecule has 0 saturated heterocycles. The second-order valence-electron chi connectivity index (χ2n) is 5.89. The minimum atomic E-state index is -0.0962. The van der Waals surface area contributed by atoms with Gasteiger partial charge in [0.15, 0.2) is 10.9 Å². The van der Waals surface area contributed by atoms with Crippen molar-refractivity contribution in [3.8, 4) is 17.4 Å². The van der Waals surface area contributed by atoms with Gasteiger partial charge in [0, 0.05) is 17.0 Å². The summed E-state index contributed by atoms with van der Waals surface area (Å²) in [5.41, 5.74) is 1.51. The number of nitrogens with zero attached hydrogens (tertiary/aromatic N) is 2. The maximum atomic E-state index is 9.87. The molecule has 21 heavy (non-hydrogen) atoms. The van der Waals surface area contributed by atoms with E-state index in [1.807, 2.05) is 18.2 Å². The maximum Gasteiger partial charge on any atom is 0.281 e. The van der Waals surface area contributed by atoms with Gasteiger partial charge in [0.2, 0.25) is 0 Å². The van der Waals surface area contributed by atoms with Gasteiger partial charge in [-0.1, -0.05) is 29.8 Å². The summed E-state index contributed by atoms with van der Waals surface area (Å²) < 4.78 is 5.82. The van der Waals surface area contributed by atoms with E-state index in [0.29, 0.717) is 0 Å². The van der Waals surface area contributed by atoms with Crippen LogP contribution < -0.4 is 4.74 Å². The number of rotatable bonds is 4. The standard InChI is InChI=1S/C16H15ClN2O2/c17-14-9-12(20)15(19-18-14)21-13-4-2-1-3-11(13)16(7-8-16)10-5-6-10/h1-4,9-10H,5-8H2,(H,18,20). The van der Waals surface area contributed by atoms with Crippen LogP contribution in [0.25, 0.3) is 0 Å². The van der Waals surface area contributed by atoms with Gasteiger partial charge in [-0.25, -0.2) is 0 Å². The molecule has 5 heteroatoms. The van der Waals surface area contributed by atoms with E-state index in [4.69, 9.17) is 16.3 Å². The molecule has 4 nitrogen and oxygen atoms in total. The Kier molecular flexibility index (Phi) is 2.82. The van der Waals surface area contributed by atoms with Crippen LogP contribution >= 0.6 is 11.6 Å². The van der Waals surface area contributed by atoms with Crippen LogP contribution in [0.1, 0.15) is 31.2 Å². The summed E-state index contributed by atoms with van der Waals surface area (Å²) in [6.07, 6.45) is 5.05. The number of para-hydroxylation sites is 1. The van der Waals surface area contributed by atoms with Gasteiger partial charge in [-0.05, 0) is 37.7 Å². The quantitative estimate of drug-likeness (QED) is 0.925. The lowest BCUT2D eigenvalue weighted by Crippen LogP contribution is -2.10. The predicted octanol–water partition coefficient (Wildman–Crippen LogP) is 4.07. The molecule has 2 aromatic rings. The van der Waals surface area contributed by atoms with E-state index in [9.17, 15) is 5.11 Å². The molecule has 4 rings (SSSR count). The van der Waals surface area contributed by atoms with Crippen LogP contribution in [0.5, 0.6) is 17.4 Å². The van der Waals surface area contributed by atoms with E-state index in [1.165, 1.54) is 37.3 Å². The molecule has 1 N–H and O–H groups in total. The van der Waals surface area contributed by atoms with Crippen LogP contribution in [-0.4, -0.2) is 15.3 Å². The second kappa shape index (κ2) is 4.60. The molecule has 0 spiro atoms. The normalized spacial score (nSPS) is 19.3. The number of ether oxygens (including phenoxy) is 1. The van der Waals surface area contributed by atoms with Crippen molar-refractivity contribution in [1.82, 2.24) is 10.2 Å². The van der Waals surface area contributed by atoms with E-state index in [0.717, 1.165) is 11.7 Å². The smallest absolute Gasteiger partial charge is 0.281 e. The number of hydrogen-bond donors (Lipinski definition) is 1. The third-order valence-electron chi connectivity index (χ3n) is 4.49. The van der Waals surface area contributed by atoms with Crippen molar-refractivity contribution in [3.63, 3.8) is 0 Å². The van der Waals surface area contributed by atoms with Gasteiger partial charge >= 0.3 is 0 Å². The lowest BCUT2D eigenvalue weighted by atomic mass is 9.90. The monoisotopic (exact) mass is 302 g/mol. The molecule has 0 aliphatic heterocycles. The summed E-state index contributed by atoms with van der Waals surface area (Å²) in [6.45, 7) is 0. The van der Waals surface area contributed by atoms with Gasteiger partial charge in [-0.3, -0.25) is 0 Å². The van der Waals surface area contributed by atoms with Crippen molar-refractivity contribution < 1.29 is 9.84 Å². The number of aromatic nitrogens is 2. The van der Waals surface area contributed by atoms with Crippen molar-refractivity contribution in [2.24, 2.45) is 5.92 Å². The average molecular weight is 303 g/mol. The lowest BCUT2D eigenvalue weighted by molar-refractivity contribution is 0.384. The van der Waals surface area contributed by atoms with Gasteiger partial charge < -0.3 is 9.84 Å². The van der Waals surface area contributed by atoms with Gasteiger partial charge in [0.05, 0.1) is 0 Å². The molecule has 1 aromatic carbocycles. The Hall–Kier alpha value is -1.81. The minimum absolute atomic E-state index is 0.0958. The van der Waals surface area contributed by atoms with Crippen LogP contribution in [0, 0.1) is 5.92 Å². The summed E-state index contributed by atoms with van der Waals surface area (Å²) in [5.74, 6) is 1.54. The van der Waals surface area contributed by atoms with Crippen LogP contribution in [-0.2, 0) is 5.41 Å². The summed E-state index contributed by atoms with van der Waals surface area (Å²) in [7, 11) is 0. The molecule has 0 radical (unpaired) electrons. The van der Waals surface area contributed by atoms with Crippen LogP contribution in [0.3, 0.4) is 0 Å². The molecular weight excluding hydrogens is 288 g/mol. The second-order valence-corrected chi connectivity index (χ2v) is 6.27. The number of hydrogen-bond acceptors (Lipinski definition) is 4. The van der Waals surface area contributed by atoms with Crippen LogP contribution in [0.15, 0.2) is 30.3 Å². The Labute approximate surface area is 127 Å². The lowest BCUT2D eigenvalue weighted by Gasteiger charge is -2.19. The fraction of sp³-hybridized carbons (Fsp3) is 0.375. The van der Waals surface area contributed by atoms with E-state index in [-0.39, 0.29) is 22.2 Å². The Morgan fingerprint density at radius 1 is 1.19 bits per heavy atom. The van der Waals surface area contributed by atoms with E-state index in [1.54, 1.807) is 0 Å². The third kappa shape index (κ3) is 2.23. The van der Waals surface area contributed by atoms with E-state index < -0.39 is 0 Å². The zero-order valence-corrected chi connectivity index (χ0v) is 12.2. The first-order chi connectivity index (χ1) is 10.2. The largest absolute Gasteiger partial charge is 0.503 e. The fourth-order valence-corrected chi connectivity index (χ4v) is 3.30. The molecule has 0 unspecified atom stereocenters. The Balaban J connectivity index is 1.69.